The first kappa shape index (κ1) is 17.2. The van der Waals surface area contributed by atoms with Gasteiger partial charge in [0.2, 0.25) is 0 Å². The number of hydrogen-bond donors (Lipinski definition) is 1. The molecule has 0 spiro atoms. The molecule has 0 bridgehead atoms. The number of ether oxygens (including phenoxy) is 1. The third-order valence-electron chi connectivity index (χ3n) is 5.94. The van der Waals surface area contributed by atoms with Gasteiger partial charge in [-0.25, -0.2) is 9.37 Å². The molecule has 4 heterocycles. The minimum Gasteiger partial charge on any atom is -0.378 e. The number of H-pyrrole nitrogens is 1. The zero-order valence-corrected chi connectivity index (χ0v) is 16.8. The highest BCUT2D eigenvalue weighted by Crippen LogP contribution is 2.35. The van der Waals surface area contributed by atoms with E-state index in [2.05, 4.69) is 33.0 Å². The minimum absolute atomic E-state index is 0.173. The number of morpholine rings is 1. The predicted octanol–water partition coefficient (Wildman–Crippen LogP) is 4.32. The standard InChI is InChI=1S/C22H21FN4OS/c23-14-1-3-18-17(11-14)16-5-6-27(13-20(16)24-18)15-2-4-19-21(12-15)29-22(25-19)26-7-9-28-10-8-26/h1-4,11-12,24H,5-10,13H2. The van der Waals surface area contributed by atoms with Crippen LogP contribution >= 0.6 is 11.3 Å². The highest BCUT2D eigenvalue weighted by molar-refractivity contribution is 7.22. The fourth-order valence-corrected chi connectivity index (χ4v) is 5.47. The van der Waals surface area contributed by atoms with Crippen LogP contribution in [0.2, 0.25) is 0 Å². The number of rotatable bonds is 2. The van der Waals surface area contributed by atoms with Crippen molar-refractivity contribution in [2.75, 3.05) is 42.6 Å². The van der Waals surface area contributed by atoms with Gasteiger partial charge in [0.15, 0.2) is 5.13 Å². The van der Waals surface area contributed by atoms with Gasteiger partial charge in [-0.1, -0.05) is 11.3 Å². The smallest absolute Gasteiger partial charge is 0.186 e. The van der Waals surface area contributed by atoms with Gasteiger partial charge in [0.1, 0.15) is 5.82 Å². The number of fused-ring (bicyclic) bond motifs is 4. The Bertz CT molecular complexity index is 1210. The van der Waals surface area contributed by atoms with E-state index >= 15 is 0 Å². The summed E-state index contributed by atoms with van der Waals surface area (Å²) in [5.41, 5.74) is 5.73. The number of nitrogens with zero attached hydrogens (tertiary/aromatic N) is 3. The zero-order valence-electron chi connectivity index (χ0n) is 15.9. The average molecular weight is 409 g/mol. The largest absolute Gasteiger partial charge is 0.378 e. The maximum absolute atomic E-state index is 13.7. The van der Waals surface area contributed by atoms with E-state index in [1.54, 1.807) is 17.4 Å². The van der Waals surface area contributed by atoms with E-state index in [0.717, 1.165) is 67.4 Å². The highest BCUT2D eigenvalue weighted by Gasteiger charge is 2.22. The zero-order chi connectivity index (χ0) is 19.4. The Balaban J connectivity index is 1.30. The van der Waals surface area contributed by atoms with Crippen LogP contribution in [0.3, 0.4) is 0 Å². The molecule has 1 saturated heterocycles. The maximum Gasteiger partial charge on any atom is 0.186 e. The van der Waals surface area contributed by atoms with Crippen molar-refractivity contribution < 1.29 is 9.13 Å². The van der Waals surface area contributed by atoms with E-state index in [1.807, 2.05) is 6.07 Å². The Morgan fingerprint density at radius 2 is 1.93 bits per heavy atom. The lowest BCUT2D eigenvalue weighted by Gasteiger charge is -2.29. The fraction of sp³-hybridized carbons (Fsp3) is 0.318. The summed E-state index contributed by atoms with van der Waals surface area (Å²) in [5.74, 6) is -0.173. The Kier molecular flexibility index (Phi) is 3.99. The monoisotopic (exact) mass is 408 g/mol. The highest BCUT2D eigenvalue weighted by atomic mass is 32.1. The molecule has 0 atom stereocenters. The van der Waals surface area contributed by atoms with Crippen LogP contribution in [-0.2, 0) is 17.7 Å². The van der Waals surface area contributed by atoms with E-state index in [9.17, 15) is 4.39 Å². The van der Waals surface area contributed by atoms with Crippen LogP contribution in [0.1, 0.15) is 11.3 Å². The molecule has 29 heavy (non-hydrogen) atoms. The predicted molar refractivity (Wildman–Crippen MR) is 116 cm³/mol. The number of benzene rings is 2. The summed E-state index contributed by atoms with van der Waals surface area (Å²) in [6.45, 7) is 5.09. The molecule has 0 radical (unpaired) electrons. The van der Waals surface area contributed by atoms with E-state index in [-0.39, 0.29) is 5.82 Å². The van der Waals surface area contributed by atoms with Gasteiger partial charge in [0.25, 0.3) is 0 Å². The number of anilines is 2. The quantitative estimate of drug-likeness (QED) is 0.537. The molecule has 0 saturated carbocycles. The molecular formula is C22H21FN4OS. The normalized spacial score (nSPS) is 17.3. The average Bonchev–Trinajstić information content (AvgIpc) is 3.34. The van der Waals surface area contributed by atoms with E-state index < -0.39 is 0 Å². The maximum atomic E-state index is 13.7. The first-order chi connectivity index (χ1) is 14.2. The second-order valence-corrected chi connectivity index (χ2v) is 8.70. The van der Waals surface area contributed by atoms with Crippen molar-refractivity contribution in [3.8, 4) is 0 Å². The van der Waals surface area contributed by atoms with Crippen molar-refractivity contribution in [3.05, 3.63) is 53.5 Å². The van der Waals surface area contributed by atoms with Gasteiger partial charge >= 0.3 is 0 Å². The Hall–Kier alpha value is -2.64. The summed E-state index contributed by atoms with van der Waals surface area (Å²) in [6.07, 6.45) is 0.915. The lowest BCUT2D eigenvalue weighted by Crippen LogP contribution is -2.36. The Morgan fingerprint density at radius 3 is 2.83 bits per heavy atom. The Morgan fingerprint density at radius 1 is 1.03 bits per heavy atom. The molecular weight excluding hydrogens is 387 g/mol. The molecule has 2 aromatic heterocycles. The van der Waals surface area contributed by atoms with Crippen molar-refractivity contribution in [3.63, 3.8) is 0 Å². The molecule has 2 aliphatic rings. The summed E-state index contributed by atoms with van der Waals surface area (Å²) in [5, 5.41) is 2.10. The van der Waals surface area contributed by atoms with Crippen molar-refractivity contribution in [1.29, 1.82) is 0 Å². The molecule has 2 aliphatic heterocycles. The van der Waals surface area contributed by atoms with Gasteiger partial charge < -0.3 is 19.5 Å². The van der Waals surface area contributed by atoms with Gasteiger partial charge in [-0.15, -0.1) is 0 Å². The van der Waals surface area contributed by atoms with Crippen molar-refractivity contribution >= 4 is 43.3 Å². The van der Waals surface area contributed by atoms with Crippen molar-refractivity contribution in [2.45, 2.75) is 13.0 Å². The molecule has 4 aromatic rings. The van der Waals surface area contributed by atoms with Gasteiger partial charge in [0, 0.05) is 41.9 Å². The first-order valence-electron chi connectivity index (χ1n) is 10.0. The van der Waals surface area contributed by atoms with E-state index in [0.29, 0.717) is 0 Å². The molecule has 1 N–H and O–H groups in total. The van der Waals surface area contributed by atoms with Crippen LogP contribution in [0.25, 0.3) is 21.1 Å². The van der Waals surface area contributed by atoms with Crippen LogP contribution in [0.5, 0.6) is 0 Å². The molecule has 0 unspecified atom stereocenters. The van der Waals surface area contributed by atoms with Crippen LogP contribution in [0.15, 0.2) is 36.4 Å². The van der Waals surface area contributed by atoms with Crippen LogP contribution in [-0.4, -0.2) is 42.8 Å². The molecule has 2 aromatic carbocycles. The summed E-state index contributed by atoms with van der Waals surface area (Å²) in [7, 11) is 0. The molecule has 148 valence electrons. The molecule has 5 nitrogen and oxygen atoms in total. The Labute approximate surface area is 171 Å². The fourth-order valence-electron chi connectivity index (χ4n) is 4.42. The van der Waals surface area contributed by atoms with Crippen molar-refractivity contribution in [1.82, 2.24) is 9.97 Å². The van der Waals surface area contributed by atoms with Crippen LogP contribution in [0.4, 0.5) is 15.2 Å². The molecule has 1 fully saturated rings. The second kappa shape index (κ2) is 6.71. The summed E-state index contributed by atoms with van der Waals surface area (Å²) < 4.78 is 20.3. The molecule has 7 heteroatoms. The number of thiazole rings is 1. The molecule has 0 amide bonds. The number of aromatic nitrogens is 2. The minimum atomic E-state index is -0.173. The number of nitrogens with one attached hydrogen (secondary N) is 1. The van der Waals surface area contributed by atoms with Gasteiger partial charge in [0.05, 0.1) is 30.0 Å². The number of aromatic amines is 1. The molecule has 0 aliphatic carbocycles. The lowest BCUT2D eigenvalue weighted by atomic mass is 10.0. The van der Waals surface area contributed by atoms with Gasteiger partial charge in [-0.3, -0.25) is 0 Å². The van der Waals surface area contributed by atoms with E-state index in [4.69, 9.17) is 9.72 Å². The molecule has 6 rings (SSSR count). The second-order valence-electron chi connectivity index (χ2n) is 7.69. The number of hydrogen-bond acceptors (Lipinski definition) is 5. The van der Waals surface area contributed by atoms with Crippen LogP contribution < -0.4 is 9.80 Å². The SMILES string of the molecule is Fc1ccc2[nH]c3c(c2c1)CCN(c1ccc2nc(N4CCOCC4)sc2c1)C3. The summed E-state index contributed by atoms with van der Waals surface area (Å²) in [6, 6.07) is 11.6. The van der Waals surface area contributed by atoms with E-state index in [1.165, 1.54) is 27.7 Å². The summed E-state index contributed by atoms with van der Waals surface area (Å²) >= 11 is 1.76. The van der Waals surface area contributed by atoms with Gasteiger partial charge in [-0.2, -0.15) is 0 Å². The lowest BCUT2D eigenvalue weighted by molar-refractivity contribution is 0.122. The van der Waals surface area contributed by atoms with Crippen LogP contribution in [0, 0.1) is 5.82 Å². The number of halogens is 1. The third-order valence-corrected chi connectivity index (χ3v) is 7.02. The van der Waals surface area contributed by atoms with Gasteiger partial charge in [-0.05, 0) is 48.4 Å². The topological polar surface area (TPSA) is 44.4 Å². The third kappa shape index (κ3) is 2.96. The van der Waals surface area contributed by atoms with Crippen molar-refractivity contribution in [2.24, 2.45) is 0 Å². The summed E-state index contributed by atoms with van der Waals surface area (Å²) in [4.78, 5) is 13.0. The first-order valence-corrected chi connectivity index (χ1v) is 10.8.